The fourth-order valence-corrected chi connectivity index (χ4v) is 3.15. The highest BCUT2D eigenvalue weighted by Gasteiger charge is 2.05. The third-order valence-electron chi connectivity index (χ3n) is 2.63. The Hall–Kier alpha value is -1.03. The van der Waals surface area contributed by atoms with Gasteiger partial charge in [-0.05, 0) is 35.4 Å². The van der Waals surface area contributed by atoms with E-state index in [4.69, 9.17) is 28.9 Å². The van der Waals surface area contributed by atoms with Crippen LogP contribution in [0.3, 0.4) is 0 Å². The van der Waals surface area contributed by atoms with Crippen LogP contribution in [0.2, 0.25) is 10.0 Å². The number of halogens is 2. The first-order chi connectivity index (χ1) is 9.04. The molecule has 2 aromatic rings. The van der Waals surface area contributed by atoms with Crippen LogP contribution in [0, 0.1) is 0 Å². The lowest BCUT2D eigenvalue weighted by Crippen LogP contribution is -2.00. The van der Waals surface area contributed by atoms with E-state index in [2.05, 4.69) is 0 Å². The van der Waals surface area contributed by atoms with Crippen LogP contribution in [0.15, 0.2) is 42.5 Å². The molecular weight excluding hydrogens is 301 g/mol. The molecule has 0 radical (unpaired) electrons. The third-order valence-corrected chi connectivity index (χ3v) is 4.54. The van der Waals surface area contributed by atoms with Crippen LogP contribution in [0.25, 0.3) is 0 Å². The van der Waals surface area contributed by atoms with Crippen LogP contribution in [-0.2, 0) is 22.3 Å². The van der Waals surface area contributed by atoms with Gasteiger partial charge in [-0.3, -0.25) is 4.21 Å². The van der Waals surface area contributed by atoms with Crippen molar-refractivity contribution in [3.63, 3.8) is 0 Å². The Morgan fingerprint density at radius 2 is 1.53 bits per heavy atom. The Morgan fingerprint density at radius 1 is 0.947 bits per heavy atom. The van der Waals surface area contributed by atoms with E-state index < -0.39 is 10.8 Å². The molecular formula is C14H13Cl2NOS. The van der Waals surface area contributed by atoms with Crippen molar-refractivity contribution < 1.29 is 4.21 Å². The van der Waals surface area contributed by atoms with Crippen LogP contribution in [0.1, 0.15) is 11.1 Å². The monoisotopic (exact) mass is 313 g/mol. The topological polar surface area (TPSA) is 43.1 Å². The van der Waals surface area contributed by atoms with Crippen LogP contribution < -0.4 is 5.73 Å². The Balaban J connectivity index is 2.01. The summed E-state index contributed by atoms with van der Waals surface area (Å²) in [5.74, 6) is 0.962. The van der Waals surface area contributed by atoms with Gasteiger partial charge in [0.15, 0.2) is 0 Å². The lowest BCUT2D eigenvalue weighted by molar-refractivity contribution is 0.682. The summed E-state index contributed by atoms with van der Waals surface area (Å²) >= 11 is 11.7. The van der Waals surface area contributed by atoms with E-state index in [-0.39, 0.29) is 0 Å². The summed E-state index contributed by atoms with van der Waals surface area (Å²) in [7, 11) is -0.985. The standard InChI is InChI=1S/C14H13Cl2NOS/c15-12-4-1-10(2-5-12)8-19(18)9-11-3-6-13(16)14(17)7-11/h1-7H,8-9,17H2. The first kappa shape index (κ1) is 14.4. The highest BCUT2D eigenvalue weighted by atomic mass is 35.5. The lowest BCUT2D eigenvalue weighted by atomic mass is 10.2. The molecule has 0 bridgehead atoms. The number of anilines is 1. The molecule has 0 saturated carbocycles. The van der Waals surface area contributed by atoms with E-state index in [0.717, 1.165) is 11.1 Å². The number of hydrogen-bond acceptors (Lipinski definition) is 2. The molecule has 5 heteroatoms. The molecule has 0 spiro atoms. The minimum absolute atomic E-state index is 0.462. The molecule has 0 aliphatic carbocycles. The first-order valence-corrected chi connectivity index (χ1v) is 7.92. The van der Waals surface area contributed by atoms with Crippen molar-refractivity contribution in [3.05, 3.63) is 63.6 Å². The van der Waals surface area contributed by atoms with Crippen LogP contribution in [-0.4, -0.2) is 4.21 Å². The van der Waals surface area contributed by atoms with Crippen LogP contribution in [0.4, 0.5) is 5.69 Å². The van der Waals surface area contributed by atoms with Gasteiger partial charge < -0.3 is 5.73 Å². The van der Waals surface area contributed by atoms with Crippen LogP contribution in [0.5, 0.6) is 0 Å². The second-order valence-electron chi connectivity index (χ2n) is 4.21. The highest BCUT2D eigenvalue weighted by molar-refractivity contribution is 7.83. The first-order valence-electron chi connectivity index (χ1n) is 5.68. The molecule has 0 aliphatic rings. The minimum atomic E-state index is -0.985. The number of hydrogen-bond donors (Lipinski definition) is 1. The Kier molecular flexibility index (Phi) is 4.86. The molecule has 1 unspecified atom stereocenters. The zero-order chi connectivity index (χ0) is 13.8. The summed E-state index contributed by atoms with van der Waals surface area (Å²) in [6.45, 7) is 0. The van der Waals surface area contributed by atoms with Gasteiger partial charge in [0.1, 0.15) is 0 Å². The van der Waals surface area contributed by atoms with Crippen molar-refractivity contribution >= 4 is 39.7 Å². The van der Waals surface area contributed by atoms with E-state index in [1.54, 1.807) is 24.3 Å². The molecule has 0 heterocycles. The van der Waals surface area contributed by atoms with Gasteiger partial charge in [0.2, 0.25) is 0 Å². The maximum atomic E-state index is 12.1. The summed E-state index contributed by atoms with van der Waals surface area (Å²) in [6.07, 6.45) is 0. The molecule has 19 heavy (non-hydrogen) atoms. The molecule has 100 valence electrons. The average Bonchev–Trinajstić information content (AvgIpc) is 2.37. The number of nitrogen functional groups attached to an aromatic ring is 1. The van der Waals surface area contributed by atoms with Gasteiger partial charge >= 0.3 is 0 Å². The van der Waals surface area contributed by atoms with Crippen molar-refractivity contribution in [2.45, 2.75) is 11.5 Å². The Morgan fingerprint density at radius 3 is 2.16 bits per heavy atom. The average molecular weight is 314 g/mol. The number of nitrogens with two attached hydrogens (primary N) is 1. The van der Waals surface area contributed by atoms with Crippen molar-refractivity contribution in [2.75, 3.05) is 5.73 Å². The van der Waals surface area contributed by atoms with E-state index in [1.165, 1.54) is 0 Å². The second-order valence-corrected chi connectivity index (χ2v) is 6.51. The molecule has 1 atom stereocenters. The van der Waals surface area contributed by atoms with E-state index >= 15 is 0 Å². The van der Waals surface area contributed by atoms with Crippen molar-refractivity contribution in [2.24, 2.45) is 0 Å². The number of benzene rings is 2. The van der Waals surface area contributed by atoms with Gasteiger partial charge in [-0.15, -0.1) is 0 Å². The Labute approximate surface area is 125 Å². The summed E-state index contributed by atoms with van der Waals surface area (Å²) in [5, 5.41) is 1.20. The SMILES string of the molecule is Nc1cc(CS(=O)Cc2ccc(Cl)cc2)ccc1Cl. The molecule has 2 nitrogen and oxygen atoms in total. The zero-order valence-electron chi connectivity index (χ0n) is 10.1. The minimum Gasteiger partial charge on any atom is -0.398 e. The second kappa shape index (κ2) is 6.42. The van der Waals surface area contributed by atoms with Gasteiger partial charge in [-0.1, -0.05) is 41.4 Å². The molecule has 2 aromatic carbocycles. The molecule has 0 aromatic heterocycles. The summed E-state index contributed by atoms with van der Waals surface area (Å²) in [4.78, 5) is 0. The molecule has 0 aliphatic heterocycles. The Bertz CT molecular complexity index is 599. The molecule has 0 saturated heterocycles. The smallest absolute Gasteiger partial charge is 0.0635 e. The van der Waals surface area contributed by atoms with Gasteiger partial charge in [-0.25, -0.2) is 0 Å². The zero-order valence-corrected chi connectivity index (χ0v) is 12.4. The fourth-order valence-electron chi connectivity index (χ4n) is 1.69. The molecule has 2 rings (SSSR count). The van der Waals surface area contributed by atoms with Crippen molar-refractivity contribution in [3.8, 4) is 0 Å². The van der Waals surface area contributed by atoms with Gasteiger partial charge in [0.25, 0.3) is 0 Å². The molecule has 2 N–H and O–H groups in total. The van der Waals surface area contributed by atoms with Crippen LogP contribution >= 0.6 is 23.2 Å². The molecule has 0 amide bonds. The van der Waals surface area contributed by atoms with E-state index in [0.29, 0.717) is 27.2 Å². The van der Waals surface area contributed by atoms with Gasteiger partial charge in [-0.2, -0.15) is 0 Å². The lowest BCUT2D eigenvalue weighted by Gasteiger charge is -2.05. The summed E-state index contributed by atoms with van der Waals surface area (Å²) in [6, 6.07) is 12.7. The highest BCUT2D eigenvalue weighted by Crippen LogP contribution is 2.21. The summed E-state index contributed by atoms with van der Waals surface area (Å²) in [5.41, 5.74) is 8.17. The van der Waals surface area contributed by atoms with Gasteiger partial charge in [0.05, 0.1) is 10.7 Å². The molecule has 0 fully saturated rings. The maximum Gasteiger partial charge on any atom is 0.0635 e. The van der Waals surface area contributed by atoms with Gasteiger partial charge in [0, 0.05) is 27.3 Å². The quantitative estimate of drug-likeness (QED) is 0.866. The maximum absolute atomic E-state index is 12.1. The largest absolute Gasteiger partial charge is 0.398 e. The van der Waals surface area contributed by atoms with E-state index in [9.17, 15) is 4.21 Å². The van der Waals surface area contributed by atoms with E-state index in [1.807, 2.05) is 18.2 Å². The fraction of sp³-hybridized carbons (Fsp3) is 0.143. The third kappa shape index (κ3) is 4.23. The van der Waals surface area contributed by atoms with Crippen molar-refractivity contribution in [1.82, 2.24) is 0 Å². The van der Waals surface area contributed by atoms with Crippen molar-refractivity contribution in [1.29, 1.82) is 0 Å². The predicted molar refractivity (Wildman–Crippen MR) is 82.9 cm³/mol. The number of rotatable bonds is 4. The normalized spacial score (nSPS) is 12.3. The predicted octanol–water partition coefficient (Wildman–Crippen LogP) is 4.02. The summed E-state index contributed by atoms with van der Waals surface area (Å²) < 4.78 is 12.1.